The molecule has 0 aliphatic rings. The number of aryl methyl sites for hydroxylation is 1. The summed E-state index contributed by atoms with van der Waals surface area (Å²) in [5.74, 6) is 0.0583. The Morgan fingerprint density at radius 3 is 2.30 bits per heavy atom. The molecule has 0 saturated carbocycles. The summed E-state index contributed by atoms with van der Waals surface area (Å²) in [6.45, 7) is 2.17. The molecule has 1 aromatic heterocycles. The monoisotopic (exact) mass is 417 g/mol. The summed E-state index contributed by atoms with van der Waals surface area (Å²) in [6.07, 6.45) is -4.39. The Bertz CT molecular complexity index is 994. The lowest BCUT2D eigenvalue weighted by Crippen LogP contribution is -2.34. The molecule has 0 spiro atoms. The molecule has 0 aliphatic carbocycles. The van der Waals surface area contributed by atoms with Crippen molar-refractivity contribution in [1.29, 1.82) is 0 Å². The molecule has 2 aromatic carbocycles. The van der Waals surface area contributed by atoms with Crippen molar-refractivity contribution in [3.63, 3.8) is 0 Å². The van der Waals surface area contributed by atoms with Crippen molar-refractivity contribution in [3.05, 3.63) is 77.0 Å². The lowest BCUT2D eigenvalue weighted by atomic mass is 10.0. The number of amides is 1. The minimum atomic E-state index is -4.39. The zero-order chi connectivity index (χ0) is 21.9. The Balaban J connectivity index is 1.68. The molecular weight excluding hydrogens is 395 g/mol. The van der Waals surface area contributed by atoms with Gasteiger partial charge in [0.05, 0.1) is 11.6 Å². The van der Waals surface area contributed by atoms with Gasteiger partial charge in [0.2, 0.25) is 0 Å². The molecule has 0 bridgehead atoms. The first-order chi connectivity index (χ1) is 14.1. The first kappa shape index (κ1) is 21.6. The Morgan fingerprint density at radius 1 is 1.10 bits per heavy atom. The zero-order valence-electron chi connectivity index (χ0n) is 16.8. The van der Waals surface area contributed by atoms with Gasteiger partial charge in [-0.25, -0.2) is 0 Å². The van der Waals surface area contributed by atoms with Gasteiger partial charge in [0, 0.05) is 18.2 Å². The van der Waals surface area contributed by atoms with Crippen molar-refractivity contribution >= 4 is 5.91 Å². The Hall–Kier alpha value is -3.13. The van der Waals surface area contributed by atoms with Gasteiger partial charge in [-0.1, -0.05) is 47.1 Å². The Labute approximate surface area is 172 Å². The summed E-state index contributed by atoms with van der Waals surface area (Å²) in [5.41, 5.74) is 2.00. The molecule has 0 fully saturated rings. The lowest BCUT2D eigenvalue weighted by molar-refractivity contribution is -0.137. The predicted octanol–water partition coefficient (Wildman–Crippen LogP) is 4.70. The van der Waals surface area contributed by atoms with E-state index < -0.39 is 17.6 Å². The average molecular weight is 417 g/mol. The van der Waals surface area contributed by atoms with E-state index in [4.69, 9.17) is 4.52 Å². The van der Waals surface area contributed by atoms with Gasteiger partial charge in [-0.2, -0.15) is 13.2 Å². The number of benzene rings is 2. The number of halogens is 3. The van der Waals surface area contributed by atoms with Gasteiger partial charge < -0.3 is 14.7 Å². The number of nitrogens with zero attached hydrogens (tertiary/aromatic N) is 2. The minimum Gasteiger partial charge on any atom is -0.355 e. The Morgan fingerprint density at radius 2 is 1.73 bits per heavy atom. The van der Waals surface area contributed by atoms with Crippen LogP contribution in [0, 0.1) is 6.92 Å². The second-order valence-electron chi connectivity index (χ2n) is 7.25. The van der Waals surface area contributed by atoms with Crippen molar-refractivity contribution in [1.82, 2.24) is 15.4 Å². The smallest absolute Gasteiger partial charge is 0.355 e. The minimum absolute atomic E-state index is 0.135. The number of hydrogen-bond acceptors (Lipinski definition) is 4. The first-order valence-corrected chi connectivity index (χ1v) is 9.30. The quantitative estimate of drug-likeness (QED) is 0.632. The average Bonchev–Trinajstić information content (AvgIpc) is 3.18. The molecule has 1 heterocycles. The summed E-state index contributed by atoms with van der Waals surface area (Å²) >= 11 is 0. The molecule has 3 aromatic rings. The van der Waals surface area contributed by atoms with Crippen LogP contribution in [0.1, 0.15) is 33.2 Å². The van der Waals surface area contributed by atoms with Crippen molar-refractivity contribution in [2.45, 2.75) is 19.1 Å². The van der Waals surface area contributed by atoms with E-state index in [1.807, 2.05) is 36.1 Å². The zero-order valence-corrected chi connectivity index (χ0v) is 16.8. The first-order valence-electron chi connectivity index (χ1n) is 9.30. The summed E-state index contributed by atoms with van der Waals surface area (Å²) in [6, 6.07) is 13.8. The van der Waals surface area contributed by atoms with Gasteiger partial charge in [0.25, 0.3) is 5.91 Å². The second-order valence-corrected chi connectivity index (χ2v) is 7.25. The molecule has 5 nitrogen and oxygen atoms in total. The number of rotatable bonds is 6. The van der Waals surface area contributed by atoms with E-state index in [1.54, 1.807) is 20.2 Å². The predicted molar refractivity (Wildman–Crippen MR) is 107 cm³/mol. The SMILES string of the molecule is Cc1ccc(-c2cc(C(=O)NC[C@@H](c3ccc(C(F)(F)F)cc3)N(C)C)no2)cc1. The highest BCUT2D eigenvalue weighted by molar-refractivity contribution is 5.93. The maximum Gasteiger partial charge on any atom is 0.416 e. The molecule has 158 valence electrons. The molecule has 1 N–H and O–H groups in total. The number of likely N-dealkylation sites (N-methyl/N-ethyl adjacent to an activating group) is 1. The molecular formula is C22H22F3N3O2. The van der Waals surface area contributed by atoms with Gasteiger partial charge >= 0.3 is 6.18 Å². The van der Waals surface area contributed by atoms with E-state index in [-0.39, 0.29) is 18.3 Å². The largest absolute Gasteiger partial charge is 0.416 e. The van der Waals surface area contributed by atoms with Crippen LogP contribution in [-0.4, -0.2) is 36.6 Å². The lowest BCUT2D eigenvalue weighted by Gasteiger charge is -2.25. The topological polar surface area (TPSA) is 58.4 Å². The van der Waals surface area contributed by atoms with Crippen molar-refractivity contribution < 1.29 is 22.5 Å². The van der Waals surface area contributed by atoms with Crippen LogP contribution in [0.4, 0.5) is 13.2 Å². The highest BCUT2D eigenvalue weighted by atomic mass is 19.4. The van der Waals surface area contributed by atoms with E-state index in [9.17, 15) is 18.0 Å². The van der Waals surface area contributed by atoms with Crippen LogP contribution >= 0.6 is 0 Å². The summed E-state index contributed by atoms with van der Waals surface area (Å²) < 4.78 is 43.6. The summed E-state index contributed by atoms with van der Waals surface area (Å²) in [7, 11) is 3.58. The number of nitrogens with one attached hydrogen (secondary N) is 1. The van der Waals surface area contributed by atoms with E-state index in [0.29, 0.717) is 11.3 Å². The summed E-state index contributed by atoms with van der Waals surface area (Å²) in [5, 5.41) is 6.60. The number of carbonyl (C=O) groups excluding carboxylic acids is 1. The van der Waals surface area contributed by atoms with Crippen LogP contribution in [0.3, 0.4) is 0 Å². The molecule has 0 radical (unpaired) electrons. The standard InChI is InChI=1S/C22H22F3N3O2/c1-14-4-6-16(7-5-14)20-12-18(27-30-20)21(29)26-13-19(28(2)3)15-8-10-17(11-9-15)22(23,24)25/h4-12,19H,13H2,1-3H3,(H,26,29)/t19-/m0/s1. The third-order valence-electron chi connectivity index (χ3n) is 4.78. The number of carbonyl (C=O) groups is 1. The molecule has 30 heavy (non-hydrogen) atoms. The van der Waals surface area contributed by atoms with Crippen molar-refractivity contribution in [2.24, 2.45) is 0 Å². The molecule has 0 unspecified atom stereocenters. The van der Waals surface area contributed by atoms with Gasteiger partial charge in [0.15, 0.2) is 11.5 Å². The molecule has 3 rings (SSSR count). The molecule has 0 aliphatic heterocycles. The fourth-order valence-corrected chi connectivity index (χ4v) is 3.01. The highest BCUT2D eigenvalue weighted by Gasteiger charge is 2.30. The molecule has 8 heteroatoms. The summed E-state index contributed by atoms with van der Waals surface area (Å²) in [4.78, 5) is 14.3. The van der Waals surface area contributed by atoms with Crippen LogP contribution in [0.5, 0.6) is 0 Å². The van der Waals surface area contributed by atoms with E-state index in [0.717, 1.165) is 23.3 Å². The van der Waals surface area contributed by atoms with Crippen molar-refractivity contribution in [2.75, 3.05) is 20.6 Å². The third kappa shape index (κ3) is 5.07. The van der Waals surface area contributed by atoms with Gasteiger partial charge in [0.1, 0.15) is 0 Å². The highest BCUT2D eigenvalue weighted by Crippen LogP contribution is 2.30. The molecule has 0 saturated heterocycles. The van der Waals surface area contributed by atoms with Gasteiger partial charge in [-0.05, 0) is 38.7 Å². The van der Waals surface area contributed by atoms with E-state index in [1.165, 1.54) is 12.1 Å². The third-order valence-corrected chi connectivity index (χ3v) is 4.78. The van der Waals surface area contributed by atoms with Crippen LogP contribution in [0.2, 0.25) is 0 Å². The number of aromatic nitrogens is 1. The van der Waals surface area contributed by atoms with Crippen LogP contribution < -0.4 is 5.32 Å². The fraction of sp³-hybridized carbons (Fsp3) is 0.273. The van der Waals surface area contributed by atoms with Crippen molar-refractivity contribution in [3.8, 4) is 11.3 Å². The van der Waals surface area contributed by atoms with Crippen LogP contribution in [0.25, 0.3) is 11.3 Å². The van der Waals surface area contributed by atoms with E-state index in [2.05, 4.69) is 10.5 Å². The maximum atomic E-state index is 12.8. The van der Waals surface area contributed by atoms with E-state index >= 15 is 0 Å². The second kappa shape index (κ2) is 8.71. The fourth-order valence-electron chi connectivity index (χ4n) is 3.01. The number of alkyl halides is 3. The van der Waals surface area contributed by atoms with Gasteiger partial charge in [-0.3, -0.25) is 4.79 Å². The number of hydrogen-bond donors (Lipinski definition) is 1. The molecule has 1 amide bonds. The normalized spacial score (nSPS) is 12.8. The van der Waals surface area contributed by atoms with Crippen LogP contribution in [-0.2, 0) is 6.18 Å². The molecule has 1 atom stereocenters. The maximum absolute atomic E-state index is 12.8. The van der Waals surface area contributed by atoms with Crippen LogP contribution in [0.15, 0.2) is 59.1 Å². The Kier molecular flexibility index (Phi) is 6.26. The van der Waals surface area contributed by atoms with Gasteiger partial charge in [-0.15, -0.1) is 0 Å².